The van der Waals surface area contributed by atoms with Crippen molar-refractivity contribution in [3.63, 3.8) is 0 Å². The summed E-state index contributed by atoms with van der Waals surface area (Å²) in [6, 6.07) is 8.92. The molecule has 24 heavy (non-hydrogen) atoms. The molecule has 3 aromatic heterocycles. The van der Waals surface area contributed by atoms with Crippen molar-refractivity contribution in [2.45, 2.75) is 6.42 Å². The van der Waals surface area contributed by atoms with Gasteiger partial charge >= 0.3 is 5.97 Å². The van der Waals surface area contributed by atoms with E-state index in [0.29, 0.717) is 27.5 Å². The number of hydrogen-bond acceptors (Lipinski definition) is 6. The number of nitrogens with zero attached hydrogens (tertiary/aromatic N) is 6. The number of hydrogen-bond donors (Lipinski definition) is 0. The van der Waals surface area contributed by atoms with E-state index in [1.165, 1.54) is 7.11 Å². The molecule has 0 N–H and O–H groups in total. The molecule has 4 aromatic rings. The largest absolute Gasteiger partial charge is 0.469 e. The fraction of sp³-hybridized carbons (Fsp3) is 0.133. The number of methoxy groups -OCH3 is 1. The number of fused-ring (bicyclic) bond motifs is 3. The van der Waals surface area contributed by atoms with E-state index >= 15 is 0 Å². The predicted octanol–water partition coefficient (Wildman–Crippen LogP) is 1.83. The van der Waals surface area contributed by atoms with Crippen LogP contribution in [-0.4, -0.2) is 42.7 Å². The van der Waals surface area contributed by atoms with Crippen LogP contribution in [0.3, 0.4) is 0 Å². The number of ether oxygens (including phenoxy) is 1. The van der Waals surface area contributed by atoms with Gasteiger partial charge in [0.1, 0.15) is 5.69 Å². The number of halogens is 1. The summed E-state index contributed by atoms with van der Waals surface area (Å²) in [5, 5.41) is 17.7. The van der Waals surface area contributed by atoms with Gasteiger partial charge in [-0.25, -0.2) is 4.68 Å². The summed E-state index contributed by atoms with van der Waals surface area (Å²) in [4.78, 5) is 11.7. The third kappa shape index (κ3) is 2.28. The molecule has 0 fully saturated rings. The Labute approximate surface area is 140 Å². The lowest BCUT2D eigenvalue weighted by Gasteiger charge is -2.04. The fourth-order valence-electron chi connectivity index (χ4n) is 2.46. The van der Waals surface area contributed by atoms with Crippen molar-refractivity contribution in [3.8, 4) is 5.69 Å². The van der Waals surface area contributed by atoms with Gasteiger partial charge in [-0.3, -0.25) is 4.79 Å². The maximum absolute atomic E-state index is 11.7. The molecule has 0 bridgehead atoms. The van der Waals surface area contributed by atoms with E-state index in [9.17, 15) is 4.79 Å². The van der Waals surface area contributed by atoms with Crippen LogP contribution in [0, 0.1) is 0 Å². The fourth-order valence-corrected chi connectivity index (χ4v) is 2.59. The SMILES string of the molecule is COC(=O)Cc1nn(-c2ccc(Cl)cc2)c2c1nnc1ccnn12. The van der Waals surface area contributed by atoms with Crippen LogP contribution in [0.1, 0.15) is 5.69 Å². The lowest BCUT2D eigenvalue weighted by Crippen LogP contribution is -2.06. The second-order valence-corrected chi connectivity index (χ2v) is 5.50. The molecule has 0 aliphatic heterocycles. The summed E-state index contributed by atoms with van der Waals surface area (Å²) < 4.78 is 8.02. The Morgan fingerprint density at radius 1 is 1.21 bits per heavy atom. The summed E-state index contributed by atoms with van der Waals surface area (Å²) in [5.74, 6) is -0.403. The first-order valence-electron chi connectivity index (χ1n) is 7.08. The Morgan fingerprint density at radius 3 is 2.75 bits per heavy atom. The van der Waals surface area contributed by atoms with Gasteiger partial charge < -0.3 is 4.74 Å². The zero-order valence-corrected chi connectivity index (χ0v) is 13.3. The molecule has 120 valence electrons. The smallest absolute Gasteiger partial charge is 0.311 e. The molecule has 0 unspecified atom stereocenters. The second kappa shape index (κ2) is 5.57. The zero-order valence-electron chi connectivity index (χ0n) is 12.5. The molecule has 0 aliphatic rings. The minimum atomic E-state index is -0.403. The van der Waals surface area contributed by atoms with Crippen LogP contribution in [0.2, 0.25) is 5.02 Å². The number of aromatic nitrogens is 6. The first-order valence-corrected chi connectivity index (χ1v) is 7.46. The van der Waals surface area contributed by atoms with Gasteiger partial charge in [-0.1, -0.05) is 11.6 Å². The molecule has 0 saturated heterocycles. The van der Waals surface area contributed by atoms with Crippen LogP contribution < -0.4 is 0 Å². The molecule has 0 amide bonds. The van der Waals surface area contributed by atoms with Crippen molar-refractivity contribution in [1.29, 1.82) is 0 Å². The first-order chi connectivity index (χ1) is 11.7. The molecule has 0 aliphatic carbocycles. The van der Waals surface area contributed by atoms with Crippen LogP contribution in [0.4, 0.5) is 0 Å². The van der Waals surface area contributed by atoms with Gasteiger partial charge in [0.15, 0.2) is 16.8 Å². The van der Waals surface area contributed by atoms with E-state index in [4.69, 9.17) is 16.3 Å². The van der Waals surface area contributed by atoms with Crippen LogP contribution in [0.15, 0.2) is 36.5 Å². The molecule has 9 heteroatoms. The van der Waals surface area contributed by atoms with Gasteiger partial charge in [0.25, 0.3) is 0 Å². The average Bonchev–Trinajstić information content (AvgIpc) is 3.20. The van der Waals surface area contributed by atoms with Crippen LogP contribution >= 0.6 is 11.6 Å². The molecule has 0 saturated carbocycles. The molecule has 0 radical (unpaired) electrons. The minimum absolute atomic E-state index is 0.00492. The van der Waals surface area contributed by atoms with Gasteiger partial charge in [-0.05, 0) is 24.3 Å². The number of rotatable bonds is 3. The van der Waals surface area contributed by atoms with E-state index in [0.717, 1.165) is 5.69 Å². The summed E-state index contributed by atoms with van der Waals surface area (Å²) in [7, 11) is 1.33. The van der Waals surface area contributed by atoms with E-state index in [2.05, 4.69) is 20.4 Å². The van der Waals surface area contributed by atoms with Gasteiger partial charge in [-0.15, -0.1) is 10.2 Å². The number of carbonyl (C=O) groups is 1. The molecule has 0 atom stereocenters. The maximum Gasteiger partial charge on any atom is 0.311 e. The first kappa shape index (κ1) is 14.6. The van der Waals surface area contributed by atoms with Crippen molar-refractivity contribution < 1.29 is 9.53 Å². The topological polar surface area (TPSA) is 87.2 Å². The Kier molecular flexibility index (Phi) is 3.39. The summed E-state index contributed by atoms with van der Waals surface area (Å²) in [5.41, 5.74) is 2.93. The quantitative estimate of drug-likeness (QED) is 0.528. The molecule has 4 rings (SSSR count). The highest BCUT2D eigenvalue weighted by Crippen LogP contribution is 2.22. The van der Waals surface area contributed by atoms with Crippen molar-refractivity contribution >= 4 is 34.4 Å². The molecule has 3 heterocycles. The average molecular weight is 343 g/mol. The third-order valence-electron chi connectivity index (χ3n) is 3.59. The van der Waals surface area contributed by atoms with E-state index < -0.39 is 5.97 Å². The van der Waals surface area contributed by atoms with Crippen molar-refractivity contribution in [1.82, 2.24) is 29.6 Å². The summed E-state index contributed by atoms with van der Waals surface area (Å²) in [6.07, 6.45) is 1.62. The predicted molar refractivity (Wildman–Crippen MR) is 86.1 cm³/mol. The van der Waals surface area contributed by atoms with Crippen LogP contribution in [0.25, 0.3) is 22.5 Å². The number of benzene rings is 1. The standard InChI is InChI=1S/C15H11ClN6O2/c1-24-13(23)8-11-14-15(22-12(18-19-14)6-7-17-22)21(20-11)10-4-2-9(16)3-5-10/h2-7H,8H2,1H3. The molecular weight excluding hydrogens is 332 g/mol. The normalized spacial score (nSPS) is 11.2. The lowest BCUT2D eigenvalue weighted by atomic mass is 10.3. The molecular formula is C15H11ClN6O2. The molecule has 1 aromatic carbocycles. The van der Waals surface area contributed by atoms with Gasteiger partial charge in [0.05, 0.1) is 25.4 Å². The monoisotopic (exact) mass is 342 g/mol. The minimum Gasteiger partial charge on any atom is -0.469 e. The molecule has 8 nitrogen and oxygen atoms in total. The van der Waals surface area contributed by atoms with E-state index in [1.54, 1.807) is 33.6 Å². The second-order valence-electron chi connectivity index (χ2n) is 5.06. The van der Waals surface area contributed by atoms with E-state index in [-0.39, 0.29) is 6.42 Å². The third-order valence-corrected chi connectivity index (χ3v) is 3.84. The number of esters is 1. The Hall–Kier alpha value is -3.00. The van der Waals surface area contributed by atoms with Crippen molar-refractivity contribution in [3.05, 3.63) is 47.2 Å². The summed E-state index contributed by atoms with van der Waals surface area (Å²) in [6.45, 7) is 0. The van der Waals surface area contributed by atoms with Crippen LogP contribution in [0.5, 0.6) is 0 Å². The number of carbonyl (C=O) groups excluding carboxylic acids is 1. The Bertz CT molecular complexity index is 1050. The highest BCUT2D eigenvalue weighted by Gasteiger charge is 2.20. The van der Waals surface area contributed by atoms with Gasteiger partial charge in [-0.2, -0.15) is 14.7 Å². The van der Waals surface area contributed by atoms with Crippen molar-refractivity contribution in [2.24, 2.45) is 0 Å². The van der Waals surface area contributed by atoms with Crippen LogP contribution in [-0.2, 0) is 16.0 Å². The maximum atomic E-state index is 11.7. The Morgan fingerprint density at radius 2 is 2.00 bits per heavy atom. The summed E-state index contributed by atoms with van der Waals surface area (Å²) >= 11 is 5.96. The highest BCUT2D eigenvalue weighted by atomic mass is 35.5. The van der Waals surface area contributed by atoms with Crippen molar-refractivity contribution in [2.75, 3.05) is 7.11 Å². The highest BCUT2D eigenvalue weighted by molar-refractivity contribution is 6.30. The van der Waals surface area contributed by atoms with E-state index in [1.807, 2.05) is 12.1 Å². The zero-order chi connectivity index (χ0) is 16.7. The molecule has 0 spiro atoms. The lowest BCUT2D eigenvalue weighted by molar-refractivity contribution is -0.139. The Balaban J connectivity index is 2.01. The van der Waals surface area contributed by atoms with Gasteiger partial charge in [0, 0.05) is 11.1 Å². The van der Waals surface area contributed by atoms with Gasteiger partial charge in [0.2, 0.25) is 0 Å².